The zero-order valence-corrected chi connectivity index (χ0v) is 11.2. The Hall–Kier alpha value is -1.90. The van der Waals surface area contributed by atoms with Crippen molar-refractivity contribution < 1.29 is 4.79 Å². The van der Waals surface area contributed by atoms with Gasteiger partial charge < -0.3 is 5.32 Å². The summed E-state index contributed by atoms with van der Waals surface area (Å²) in [5.74, 6) is 0.518. The minimum absolute atomic E-state index is 0.132. The summed E-state index contributed by atoms with van der Waals surface area (Å²) in [6.07, 6.45) is 1.80. The second-order valence-corrected chi connectivity index (χ2v) is 5.55. The molecular formula is C15H18N2O. The van der Waals surface area contributed by atoms with E-state index in [-0.39, 0.29) is 11.3 Å². The van der Waals surface area contributed by atoms with E-state index in [0.29, 0.717) is 11.5 Å². The second-order valence-electron chi connectivity index (χ2n) is 5.55. The Kier molecular flexibility index (Phi) is 3.07. The molecule has 94 valence electrons. The van der Waals surface area contributed by atoms with Crippen LogP contribution < -0.4 is 5.32 Å². The summed E-state index contributed by atoms with van der Waals surface area (Å²) in [5, 5.41) is 2.67. The molecule has 1 aromatic rings. The summed E-state index contributed by atoms with van der Waals surface area (Å²) in [5.41, 5.74) is 2.88. The van der Waals surface area contributed by atoms with Gasteiger partial charge in [-0.15, -0.1) is 0 Å². The van der Waals surface area contributed by atoms with Crippen molar-refractivity contribution in [3.05, 3.63) is 41.1 Å². The Morgan fingerprint density at radius 2 is 1.78 bits per heavy atom. The van der Waals surface area contributed by atoms with E-state index in [2.05, 4.69) is 43.2 Å². The number of hydrogen-bond donors (Lipinski definition) is 1. The minimum atomic E-state index is -0.132. The molecule has 1 aromatic carbocycles. The molecule has 2 rings (SSSR count). The lowest BCUT2D eigenvalue weighted by Crippen LogP contribution is -2.21. The molecule has 1 amide bonds. The summed E-state index contributed by atoms with van der Waals surface area (Å²) in [7, 11) is 0. The highest BCUT2D eigenvalue weighted by molar-refractivity contribution is 6.13. The van der Waals surface area contributed by atoms with E-state index >= 15 is 0 Å². The van der Waals surface area contributed by atoms with Crippen LogP contribution in [0.15, 0.2) is 35.0 Å². The molecule has 0 saturated heterocycles. The van der Waals surface area contributed by atoms with Gasteiger partial charge in [-0.1, -0.05) is 45.0 Å². The molecule has 1 aliphatic rings. The molecule has 3 nitrogen and oxygen atoms in total. The third kappa shape index (κ3) is 2.67. The Bertz CT molecular complexity index is 531. The molecule has 1 heterocycles. The molecule has 0 aromatic heterocycles. The summed E-state index contributed by atoms with van der Waals surface area (Å²) < 4.78 is 0. The maximum Gasteiger partial charge on any atom is 0.275 e. The molecule has 0 spiro atoms. The normalized spacial score (nSPS) is 17.9. The first-order valence-electron chi connectivity index (χ1n) is 6.05. The molecule has 3 heteroatoms. The van der Waals surface area contributed by atoms with Crippen LogP contribution in [0.5, 0.6) is 0 Å². The monoisotopic (exact) mass is 242 g/mol. The Labute approximate surface area is 108 Å². The van der Waals surface area contributed by atoms with E-state index in [0.717, 1.165) is 5.56 Å². The molecule has 0 fully saturated rings. The van der Waals surface area contributed by atoms with Crippen molar-refractivity contribution in [2.75, 3.05) is 0 Å². The molecule has 0 unspecified atom stereocenters. The molecule has 0 atom stereocenters. The number of carbonyl (C=O) groups is 1. The van der Waals surface area contributed by atoms with Crippen LogP contribution in [0.25, 0.3) is 6.08 Å². The number of aliphatic imine (C=N–C) groups is 1. The quantitative estimate of drug-likeness (QED) is 0.756. The van der Waals surface area contributed by atoms with E-state index in [1.165, 1.54) is 5.56 Å². The van der Waals surface area contributed by atoms with Gasteiger partial charge in [0.05, 0.1) is 0 Å². The van der Waals surface area contributed by atoms with Gasteiger partial charge in [0.15, 0.2) is 0 Å². The van der Waals surface area contributed by atoms with Crippen LogP contribution in [0.3, 0.4) is 0 Å². The largest absolute Gasteiger partial charge is 0.309 e. The molecule has 18 heavy (non-hydrogen) atoms. The molecule has 0 bridgehead atoms. The fraction of sp³-hybridized carbons (Fsp3) is 0.333. The van der Waals surface area contributed by atoms with E-state index in [9.17, 15) is 4.79 Å². The molecule has 0 aliphatic carbocycles. The minimum Gasteiger partial charge on any atom is -0.309 e. The fourth-order valence-corrected chi connectivity index (χ4v) is 1.82. The SMILES string of the molecule is CC1=N/C(=C/c2ccc(C(C)(C)C)cc2)C(=O)N1. The Morgan fingerprint density at radius 1 is 1.17 bits per heavy atom. The highest BCUT2D eigenvalue weighted by Gasteiger charge is 2.17. The summed E-state index contributed by atoms with van der Waals surface area (Å²) in [6, 6.07) is 8.22. The Morgan fingerprint density at radius 3 is 2.22 bits per heavy atom. The number of rotatable bonds is 1. The van der Waals surface area contributed by atoms with Crippen LogP contribution in [0.2, 0.25) is 0 Å². The van der Waals surface area contributed by atoms with Crippen molar-refractivity contribution >= 4 is 17.8 Å². The second kappa shape index (κ2) is 4.41. The van der Waals surface area contributed by atoms with Crippen LogP contribution in [-0.2, 0) is 10.2 Å². The van der Waals surface area contributed by atoms with Gasteiger partial charge >= 0.3 is 0 Å². The van der Waals surface area contributed by atoms with Crippen LogP contribution in [0.1, 0.15) is 38.8 Å². The van der Waals surface area contributed by atoms with Gasteiger partial charge in [0.25, 0.3) is 5.91 Å². The molecule has 1 aliphatic heterocycles. The molecule has 0 radical (unpaired) electrons. The lowest BCUT2D eigenvalue weighted by atomic mass is 9.87. The first kappa shape index (κ1) is 12.6. The van der Waals surface area contributed by atoms with Crippen LogP contribution in [0, 0.1) is 0 Å². The standard InChI is InChI=1S/C15H18N2O/c1-10-16-13(14(18)17-10)9-11-5-7-12(8-6-11)15(2,3)4/h5-9H,1-4H3,(H,16,17,18)/b13-9+. The zero-order chi connectivity index (χ0) is 13.3. The maximum atomic E-state index is 11.5. The molecule has 1 N–H and O–H groups in total. The van der Waals surface area contributed by atoms with Crippen molar-refractivity contribution in [2.45, 2.75) is 33.1 Å². The maximum absolute atomic E-state index is 11.5. The number of nitrogens with zero attached hydrogens (tertiary/aromatic N) is 1. The highest BCUT2D eigenvalue weighted by Crippen LogP contribution is 2.23. The first-order chi connectivity index (χ1) is 8.36. The van der Waals surface area contributed by atoms with Crippen molar-refractivity contribution in [3.63, 3.8) is 0 Å². The van der Waals surface area contributed by atoms with E-state index in [4.69, 9.17) is 0 Å². The van der Waals surface area contributed by atoms with Crippen LogP contribution in [0.4, 0.5) is 0 Å². The highest BCUT2D eigenvalue weighted by atomic mass is 16.2. The summed E-state index contributed by atoms with van der Waals surface area (Å²) in [6.45, 7) is 8.32. The number of benzene rings is 1. The van der Waals surface area contributed by atoms with Crippen molar-refractivity contribution in [3.8, 4) is 0 Å². The van der Waals surface area contributed by atoms with Gasteiger partial charge in [0, 0.05) is 0 Å². The third-order valence-electron chi connectivity index (χ3n) is 2.90. The van der Waals surface area contributed by atoms with E-state index in [1.807, 2.05) is 12.1 Å². The zero-order valence-electron chi connectivity index (χ0n) is 11.2. The molecular weight excluding hydrogens is 224 g/mol. The number of amides is 1. The van der Waals surface area contributed by atoms with Crippen molar-refractivity contribution in [2.24, 2.45) is 4.99 Å². The van der Waals surface area contributed by atoms with Gasteiger partial charge in [0.2, 0.25) is 0 Å². The number of carbonyl (C=O) groups excluding carboxylic acids is 1. The first-order valence-corrected chi connectivity index (χ1v) is 6.05. The topological polar surface area (TPSA) is 41.5 Å². The van der Waals surface area contributed by atoms with Gasteiger partial charge in [-0.3, -0.25) is 4.79 Å². The van der Waals surface area contributed by atoms with Crippen molar-refractivity contribution in [1.82, 2.24) is 5.32 Å². The predicted octanol–water partition coefficient (Wildman–Crippen LogP) is 2.87. The third-order valence-corrected chi connectivity index (χ3v) is 2.90. The van der Waals surface area contributed by atoms with E-state index < -0.39 is 0 Å². The average Bonchev–Trinajstić information content (AvgIpc) is 2.57. The van der Waals surface area contributed by atoms with Gasteiger partial charge in [-0.25, -0.2) is 4.99 Å². The predicted molar refractivity (Wildman–Crippen MR) is 74.4 cm³/mol. The fourth-order valence-electron chi connectivity index (χ4n) is 1.82. The van der Waals surface area contributed by atoms with Crippen LogP contribution in [-0.4, -0.2) is 11.7 Å². The van der Waals surface area contributed by atoms with Crippen molar-refractivity contribution in [1.29, 1.82) is 0 Å². The van der Waals surface area contributed by atoms with Gasteiger partial charge in [-0.05, 0) is 29.5 Å². The Balaban J connectivity index is 2.26. The molecule has 0 saturated carbocycles. The lowest BCUT2D eigenvalue weighted by molar-refractivity contribution is -0.115. The van der Waals surface area contributed by atoms with Crippen LogP contribution >= 0.6 is 0 Å². The van der Waals surface area contributed by atoms with E-state index in [1.54, 1.807) is 13.0 Å². The summed E-state index contributed by atoms with van der Waals surface area (Å²) >= 11 is 0. The number of hydrogen-bond acceptors (Lipinski definition) is 2. The smallest absolute Gasteiger partial charge is 0.275 e. The number of amidine groups is 1. The van der Waals surface area contributed by atoms with Gasteiger partial charge in [0.1, 0.15) is 11.5 Å². The average molecular weight is 242 g/mol. The number of nitrogens with one attached hydrogen (secondary N) is 1. The lowest BCUT2D eigenvalue weighted by Gasteiger charge is -2.18. The van der Waals surface area contributed by atoms with Gasteiger partial charge in [-0.2, -0.15) is 0 Å². The summed E-state index contributed by atoms with van der Waals surface area (Å²) in [4.78, 5) is 15.7.